The van der Waals surface area contributed by atoms with E-state index in [4.69, 9.17) is 0 Å². The summed E-state index contributed by atoms with van der Waals surface area (Å²) in [5.74, 6) is 0.284. The van der Waals surface area contributed by atoms with Crippen LogP contribution in [0.5, 0.6) is 0 Å². The maximum Gasteiger partial charge on any atom is 0.332 e. The van der Waals surface area contributed by atoms with Crippen LogP contribution < -0.4 is 9.62 Å². The molecule has 0 aromatic carbocycles. The predicted octanol–water partition coefficient (Wildman–Crippen LogP) is 2.33. The van der Waals surface area contributed by atoms with Gasteiger partial charge in [-0.05, 0) is 65.3 Å². The third-order valence-corrected chi connectivity index (χ3v) is 6.50. The third-order valence-electron chi connectivity index (χ3n) is 4.69. The summed E-state index contributed by atoms with van der Waals surface area (Å²) >= 11 is -1.27. The zero-order valence-corrected chi connectivity index (χ0v) is 18.2. The Morgan fingerprint density at radius 1 is 1.14 bits per heavy atom. The first-order valence-electron chi connectivity index (χ1n) is 9.10. The molecule has 1 aliphatic rings. The maximum atomic E-state index is 12.6. The molecule has 3 rings (SSSR count). The van der Waals surface area contributed by atoms with Crippen molar-refractivity contribution in [2.45, 2.75) is 51.8 Å². The van der Waals surface area contributed by atoms with Gasteiger partial charge in [0.1, 0.15) is 22.6 Å². The number of urea groups is 1. The van der Waals surface area contributed by atoms with Crippen LogP contribution in [0.2, 0.25) is 0 Å². The highest BCUT2D eigenvalue weighted by Gasteiger charge is 2.38. The monoisotopic (exact) mass is 405 g/mol. The minimum Gasteiger partial charge on any atom is -0.598 e. The Morgan fingerprint density at radius 3 is 2.32 bits per heavy atom. The SMILES string of the molecule is Cc1cc(N2CC(=O)N(C)C2=O)n2nc(C(C)(C)N[S+]([O-])C(C)(C)C)cc2c1. The molecular formula is C19H27N5O3S. The number of amides is 3. The fourth-order valence-corrected chi connectivity index (χ4v) is 3.81. The number of hydrogen-bond donors (Lipinski definition) is 1. The van der Waals surface area contributed by atoms with E-state index in [1.165, 1.54) is 11.9 Å². The summed E-state index contributed by atoms with van der Waals surface area (Å²) in [6, 6.07) is 5.33. The summed E-state index contributed by atoms with van der Waals surface area (Å²) in [5, 5.41) is 4.69. The highest BCUT2D eigenvalue weighted by Crippen LogP contribution is 2.29. The first-order chi connectivity index (χ1) is 12.8. The van der Waals surface area contributed by atoms with Crippen molar-refractivity contribution in [1.82, 2.24) is 19.2 Å². The summed E-state index contributed by atoms with van der Waals surface area (Å²) in [4.78, 5) is 27.0. The molecule has 1 N–H and O–H groups in total. The molecule has 1 atom stereocenters. The number of pyridine rings is 1. The average Bonchev–Trinajstić information content (AvgIpc) is 3.10. The number of rotatable bonds is 4. The summed E-state index contributed by atoms with van der Waals surface area (Å²) in [6.07, 6.45) is 0. The van der Waals surface area contributed by atoms with Gasteiger partial charge in [0, 0.05) is 18.4 Å². The number of imide groups is 1. The van der Waals surface area contributed by atoms with Crippen LogP contribution >= 0.6 is 0 Å². The molecule has 1 fully saturated rings. The van der Waals surface area contributed by atoms with Crippen molar-refractivity contribution in [1.29, 1.82) is 0 Å². The van der Waals surface area contributed by atoms with E-state index in [0.717, 1.165) is 16.0 Å². The Morgan fingerprint density at radius 2 is 1.79 bits per heavy atom. The molecule has 0 radical (unpaired) electrons. The molecule has 0 saturated carbocycles. The molecule has 1 saturated heterocycles. The molecule has 152 valence electrons. The molecular weight excluding hydrogens is 378 g/mol. The van der Waals surface area contributed by atoms with Gasteiger partial charge < -0.3 is 4.55 Å². The number of carbonyl (C=O) groups is 2. The summed E-state index contributed by atoms with van der Waals surface area (Å²) in [6.45, 7) is 11.5. The Kier molecular flexibility index (Phi) is 4.97. The molecule has 1 aliphatic heterocycles. The normalized spacial score (nSPS) is 17.1. The lowest BCUT2D eigenvalue weighted by molar-refractivity contribution is -0.123. The number of nitrogens with one attached hydrogen (secondary N) is 1. The molecule has 3 heterocycles. The van der Waals surface area contributed by atoms with Crippen molar-refractivity contribution in [3.8, 4) is 0 Å². The van der Waals surface area contributed by atoms with E-state index in [1.807, 2.05) is 59.7 Å². The number of fused-ring (bicyclic) bond motifs is 1. The minimum atomic E-state index is -1.27. The van der Waals surface area contributed by atoms with Crippen LogP contribution in [0.15, 0.2) is 18.2 Å². The molecule has 3 amide bonds. The molecule has 0 spiro atoms. The van der Waals surface area contributed by atoms with E-state index in [1.54, 1.807) is 4.52 Å². The van der Waals surface area contributed by atoms with Gasteiger partial charge in [-0.25, -0.2) is 9.31 Å². The number of likely N-dealkylation sites (N-methyl/N-ethyl adjacent to an activating group) is 1. The van der Waals surface area contributed by atoms with Gasteiger partial charge in [0.15, 0.2) is 0 Å². The largest absolute Gasteiger partial charge is 0.598 e. The van der Waals surface area contributed by atoms with Gasteiger partial charge in [-0.2, -0.15) is 5.10 Å². The van der Waals surface area contributed by atoms with Crippen molar-refractivity contribution in [3.05, 3.63) is 29.5 Å². The first-order valence-corrected chi connectivity index (χ1v) is 10.2. The van der Waals surface area contributed by atoms with Crippen LogP contribution in [-0.4, -0.2) is 49.3 Å². The fourth-order valence-electron chi connectivity index (χ4n) is 2.93. The fraction of sp³-hybridized carbons (Fsp3) is 0.526. The van der Waals surface area contributed by atoms with Gasteiger partial charge in [0.2, 0.25) is 0 Å². The molecule has 2 aromatic heterocycles. The van der Waals surface area contributed by atoms with E-state index in [0.29, 0.717) is 11.5 Å². The second-order valence-corrected chi connectivity index (χ2v) is 10.7. The van der Waals surface area contributed by atoms with E-state index < -0.39 is 21.6 Å². The molecule has 0 bridgehead atoms. The van der Waals surface area contributed by atoms with Gasteiger partial charge >= 0.3 is 6.03 Å². The van der Waals surface area contributed by atoms with Gasteiger partial charge in [-0.3, -0.25) is 14.6 Å². The van der Waals surface area contributed by atoms with Crippen LogP contribution in [0.25, 0.3) is 5.52 Å². The Hall–Kier alpha value is -2.10. The highest BCUT2D eigenvalue weighted by atomic mass is 32.2. The van der Waals surface area contributed by atoms with Gasteiger partial charge in [-0.1, -0.05) is 0 Å². The number of nitrogens with zero attached hydrogens (tertiary/aromatic N) is 4. The van der Waals surface area contributed by atoms with Crippen molar-refractivity contribution >= 4 is 34.6 Å². The maximum absolute atomic E-state index is 12.6. The number of aromatic nitrogens is 2. The van der Waals surface area contributed by atoms with E-state index >= 15 is 0 Å². The first kappa shape index (κ1) is 20.6. The summed E-state index contributed by atoms with van der Waals surface area (Å²) in [7, 11) is 1.47. The van der Waals surface area contributed by atoms with Gasteiger partial charge in [0.25, 0.3) is 5.91 Å². The lowest BCUT2D eigenvalue weighted by atomic mass is 10.0. The lowest BCUT2D eigenvalue weighted by Gasteiger charge is -2.31. The number of aryl methyl sites for hydroxylation is 1. The standard InChI is InChI=1S/C19H27N5O3S/c1-12-8-13-10-14(19(5,6)21-28(27)18(2,3)4)20-24(13)15(9-12)23-11-16(25)22(7)17(23)26/h8-10,21H,11H2,1-7H3. The smallest absolute Gasteiger partial charge is 0.332 e. The van der Waals surface area contributed by atoms with Crippen LogP contribution in [0.4, 0.5) is 10.6 Å². The van der Waals surface area contributed by atoms with Crippen LogP contribution in [0, 0.1) is 6.92 Å². The zero-order chi connectivity index (χ0) is 21.0. The Labute approximate surface area is 168 Å². The minimum absolute atomic E-state index is 0.0151. The molecule has 28 heavy (non-hydrogen) atoms. The van der Waals surface area contributed by atoms with E-state index in [2.05, 4.69) is 9.82 Å². The highest BCUT2D eigenvalue weighted by molar-refractivity contribution is 7.90. The van der Waals surface area contributed by atoms with Crippen molar-refractivity contribution in [2.24, 2.45) is 0 Å². The summed E-state index contributed by atoms with van der Waals surface area (Å²) < 4.78 is 17.0. The van der Waals surface area contributed by atoms with Crippen molar-refractivity contribution in [2.75, 3.05) is 18.5 Å². The molecule has 2 aromatic rings. The number of hydrogen-bond acceptors (Lipinski definition) is 5. The second kappa shape index (κ2) is 6.75. The van der Waals surface area contributed by atoms with Gasteiger partial charge in [0.05, 0.1) is 11.2 Å². The summed E-state index contributed by atoms with van der Waals surface area (Å²) in [5.41, 5.74) is 1.80. The Balaban J connectivity index is 2.05. The molecule has 8 nitrogen and oxygen atoms in total. The third kappa shape index (κ3) is 3.61. The molecule has 0 aliphatic carbocycles. The average molecular weight is 406 g/mol. The van der Waals surface area contributed by atoms with Crippen molar-refractivity contribution < 1.29 is 14.1 Å². The van der Waals surface area contributed by atoms with Crippen LogP contribution in [0.3, 0.4) is 0 Å². The van der Waals surface area contributed by atoms with Crippen LogP contribution in [-0.2, 0) is 21.7 Å². The number of anilines is 1. The van der Waals surface area contributed by atoms with E-state index in [9.17, 15) is 14.1 Å². The molecule has 1 unspecified atom stereocenters. The topological polar surface area (TPSA) is 93.0 Å². The Bertz CT molecular complexity index is 947. The van der Waals surface area contributed by atoms with Crippen molar-refractivity contribution in [3.63, 3.8) is 0 Å². The second-order valence-electron chi connectivity index (χ2n) is 8.69. The predicted molar refractivity (Wildman–Crippen MR) is 109 cm³/mol. The quantitative estimate of drug-likeness (QED) is 0.622. The van der Waals surface area contributed by atoms with Gasteiger partial charge in [-0.15, -0.1) is 4.72 Å². The van der Waals surface area contributed by atoms with Crippen LogP contribution in [0.1, 0.15) is 45.9 Å². The molecule has 9 heteroatoms. The van der Waals surface area contributed by atoms with E-state index in [-0.39, 0.29) is 18.5 Å². The number of carbonyl (C=O) groups excluding carboxylic acids is 2. The zero-order valence-electron chi connectivity index (χ0n) is 17.4. The lowest BCUT2D eigenvalue weighted by Crippen LogP contribution is -2.48.